The lowest BCUT2D eigenvalue weighted by molar-refractivity contribution is 0.628. The summed E-state index contributed by atoms with van der Waals surface area (Å²) >= 11 is 12.0. The lowest BCUT2D eigenvalue weighted by Gasteiger charge is -2.15. The summed E-state index contributed by atoms with van der Waals surface area (Å²) in [6.45, 7) is 0. The monoisotopic (exact) mass is 294 g/mol. The minimum Gasteiger partial charge on any atom is -0.366 e. The van der Waals surface area contributed by atoms with Crippen molar-refractivity contribution in [1.29, 1.82) is 5.26 Å². The quantitative estimate of drug-likeness (QED) is 0.882. The first kappa shape index (κ1) is 13.7. The molecule has 0 heterocycles. The first-order valence-electron chi connectivity index (χ1n) is 5.47. The molecule has 1 N–H and O–H groups in total. The van der Waals surface area contributed by atoms with Gasteiger partial charge in [-0.05, 0) is 30.3 Å². The summed E-state index contributed by atoms with van der Waals surface area (Å²) in [5.74, 6) is -0.333. The second-order valence-corrected chi connectivity index (χ2v) is 4.64. The van der Waals surface area contributed by atoms with Gasteiger partial charge in [-0.3, -0.25) is 0 Å². The third kappa shape index (κ3) is 3.17. The van der Waals surface area contributed by atoms with Gasteiger partial charge in [0.1, 0.15) is 11.9 Å². The molecule has 0 aliphatic rings. The Kier molecular flexibility index (Phi) is 4.26. The Balaban J connectivity index is 2.28. The van der Waals surface area contributed by atoms with Gasteiger partial charge in [0.25, 0.3) is 0 Å². The molecule has 0 saturated carbocycles. The van der Waals surface area contributed by atoms with Crippen LogP contribution in [0.25, 0.3) is 0 Å². The zero-order valence-electron chi connectivity index (χ0n) is 9.70. The molecular formula is C14H9Cl2FN2. The van der Waals surface area contributed by atoms with Gasteiger partial charge < -0.3 is 5.32 Å². The van der Waals surface area contributed by atoms with Crippen LogP contribution >= 0.6 is 23.2 Å². The number of rotatable bonds is 3. The molecule has 0 radical (unpaired) electrons. The van der Waals surface area contributed by atoms with Crippen molar-refractivity contribution in [2.75, 3.05) is 5.32 Å². The number of benzene rings is 2. The smallest absolute Gasteiger partial charge is 0.141 e. The molecule has 2 nitrogen and oxygen atoms in total. The predicted molar refractivity (Wildman–Crippen MR) is 74.8 cm³/mol. The number of nitrogens with zero attached hydrogens (tertiary/aromatic N) is 1. The highest BCUT2D eigenvalue weighted by atomic mass is 35.5. The van der Waals surface area contributed by atoms with Crippen LogP contribution in [-0.4, -0.2) is 0 Å². The fourth-order valence-corrected chi connectivity index (χ4v) is 2.05. The van der Waals surface area contributed by atoms with Gasteiger partial charge in [-0.25, -0.2) is 4.39 Å². The first-order chi connectivity index (χ1) is 9.11. The van der Waals surface area contributed by atoms with Crippen molar-refractivity contribution in [2.45, 2.75) is 6.04 Å². The number of nitriles is 1. The molecule has 5 heteroatoms. The minimum absolute atomic E-state index is 0.333. The second kappa shape index (κ2) is 5.92. The molecule has 96 valence electrons. The molecule has 0 spiro atoms. The first-order valence-corrected chi connectivity index (χ1v) is 6.23. The van der Waals surface area contributed by atoms with Gasteiger partial charge in [0.05, 0.1) is 16.1 Å². The molecule has 0 saturated heterocycles. The maximum absolute atomic E-state index is 12.8. The maximum atomic E-state index is 12.8. The third-order valence-electron chi connectivity index (χ3n) is 2.58. The molecule has 1 atom stereocenters. The Morgan fingerprint density at radius 2 is 1.79 bits per heavy atom. The van der Waals surface area contributed by atoms with E-state index in [0.717, 1.165) is 0 Å². The summed E-state index contributed by atoms with van der Waals surface area (Å²) < 4.78 is 12.8. The molecule has 0 aliphatic carbocycles. The largest absolute Gasteiger partial charge is 0.366 e. The second-order valence-electron chi connectivity index (χ2n) is 3.86. The Labute approximate surface area is 120 Å². The third-order valence-corrected chi connectivity index (χ3v) is 3.41. The van der Waals surface area contributed by atoms with E-state index in [1.54, 1.807) is 30.3 Å². The predicted octanol–water partition coefficient (Wildman–Crippen LogP) is 4.81. The number of hydrogen-bond donors (Lipinski definition) is 1. The molecule has 0 aliphatic heterocycles. The van der Waals surface area contributed by atoms with Crippen molar-refractivity contribution in [1.82, 2.24) is 0 Å². The van der Waals surface area contributed by atoms with E-state index in [9.17, 15) is 9.65 Å². The molecule has 2 aromatic carbocycles. The van der Waals surface area contributed by atoms with Crippen LogP contribution in [0.2, 0.25) is 10.0 Å². The van der Waals surface area contributed by atoms with Crippen molar-refractivity contribution >= 4 is 28.9 Å². The average molecular weight is 295 g/mol. The maximum Gasteiger partial charge on any atom is 0.141 e. The lowest BCUT2D eigenvalue weighted by Crippen LogP contribution is -2.09. The molecule has 0 fully saturated rings. The van der Waals surface area contributed by atoms with Crippen LogP contribution in [0.15, 0.2) is 42.5 Å². The molecule has 0 bridgehead atoms. The highest BCUT2D eigenvalue weighted by Crippen LogP contribution is 2.31. The molecular weight excluding hydrogens is 286 g/mol. The lowest BCUT2D eigenvalue weighted by atomic mass is 10.1. The molecule has 2 rings (SSSR count). The number of nitrogens with one attached hydrogen (secondary N) is 1. The average Bonchev–Trinajstić information content (AvgIpc) is 2.42. The van der Waals surface area contributed by atoms with Crippen molar-refractivity contribution < 1.29 is 4.39 Å². The normalized spacial score (nSPS) is 11.7. The minimum atomic E-state index is -0.656. The van der Waals surface area contributed by atoms with Crippen LogP contribution in [0, 0.1) is 17.1 Å². The fourth-order valence-electron chi connectivity index (χ4n) is 1.64. The van der Waals surface area contributed by atoms with Gasteiger partial charge in [0, 0.05) is 11.3 Å². The van der Waals surface area contributed by atoms with Gasteiger partial charge in [-0.1, -0.05) is 35.3 Å². The van der Waals surface area contributed by atoms with E-state index in [4.69, 9.17) is 23.2 Å². The van der Waals surface area contributed by atoms with E-state index >= 15 is 0 Å². The summed E-state index contributed by atoms with van der Waals surface area (Å²) in [6, 6.07) is 12.3. The van der Waals surface area contributed by atoms with Crippen LogP contribution < -0.4 is 5.32 Å². The van der Waals surface area contributed by atoms with E-state index < -0.39 is 6.04 Å². The van der Waals surface area contributed by atoms with E-state index in [1.807, 2.05) is 0 Å². The summed E-state index contributed by atoms with van der Waals surface area (Å²) in [4.78, 5) is 0. The summed E-state index contributed by atoms with van der Waals surface area (Å²) in [6.07, 6.45) is 0. The fraction of sp³-hybridized carbons (Fsp3) is 0.0714. The van der Waals surface area contributed by atoms with Crippen LogP contribution in [0.1, 0.15) is 11.6 Å². The molecule has 2 aromatic rings. The zero-order chi connectivity index (χ0) is 13.8. The summed E-state index contributed by atoms with van der Waals surface area (Å²) in [5.41, 5.74) is 1.21. The summed E-state index contributed by atoms with van der Waals surface area (Å²) in [5, 5.41) is 12.9. The summed E-state index contributed by atoms with van der Waals surface area (Å²) in [7, 11) is 0. The van der Waals surface area contributed by atoms with Crippen molar-refractivity contribution in [3.63, 3.8) is 0 Å². The number of halogens is 3. The van der Waals surface area contributed by atoms with Crippen LogP contribution in [0.4, 0.5) is 10.1 Å². The number of hydrogen-bond acceptors (Lipinski definition) is 2. The van der Waals surface area contributed by atoms with E-state index in [0.29, 0.717) is 21.3 Å². The zero-order valence-corrected chi connectivity index (χ0v) is 11.2. The molecule has 0 aromatic heterocycles. The number of anilines is 1. The molecule has 0 amide bonds. The topological polar surface area (TPSA) is 35.8 Å². The van der Waals surface area contributed by atoms with Gasteiger partial charge >= 0.3 is 0 Å². The van der Waals surface area contributed by atoms with E-state index in [2.05, 4.69) is 11.4 Å². The van der Waals surface area contributed by atoms with Gasteiger partial charge in [-0.2, -0.15) is 5.26 Å². The van der Waals surface area contributed by atoms with Gasteiger partial charge in [-0.15, -0.1) is 0 Å². The van der Waals surface area contributed by atoms with E-state index in [1.165, 1.54) is 12.1 Å². The van der Waals surface area contributed by atoms with Crippen molar-refractivity contribution in [2.24, 2.45) is 0 Å². The van der Waals surface area contributed by atoms with Crippen molar-refractivity contribution in [3.8, 4) is 6.07 Å². The highest BCUT2D eigenvalue weighted by Gasteiger charge is 2.15. The Morgan fingerprint density at radius 1 is 1.11 bits per heavy atom. The van der Waals surface area contributed by atoms with Crippen LogP contribution in [-0.2, 0) is 0 Å². The van der Waals surface area contributed by atoms with Crippen LogP contribution in [0.5, 0.6) is 0 Å². The van der Waals surface area contributed by atoms with Gasteiger partial charge in [0.15, 0.2) is 0 Å². The Morgan fingerprint density at radius 3 is 2.42 bits per heavy atom. The van der Waals surface area contributed by atoms with E-state index in [-0.39, 0.29) is 5.82 Å². The Hall–Kier alpha value is -1.76. The van der Waals surface area contributed by atoms with Crippen molar-refractivity contribution in [3.05, 3.63) is 63.9 Å². The standard InChI is InChI=1S/C14H9Cl2FN2/c15-12-3-1-2-11(14(12)16)13(8-18)19-10-6-4-9(17)5-7-10/h1-7,13,19H. The molecule has 19 heavy (non-hydrogen) atoms. The van der Waals surface area contributed by atoms with Crippen LogP contribution in [0.3, 0.4) is 0 Å². The SMILES string of the molecule is N#CC(Nc1ccc(F)cc1)c1cccc(Cl)c1Cl. The van der Waals surface area contributed by atoms with Gasteiger partial charge in [0.2, 0.25) is 0 Å². The Bertz CT molecular complexity index is 620. The molecule has 1 unspecified atom stereocenters. The highest BCUT2D eigenvalue weighted by molar-refractivity contribution is 6.42.